The summed E-state index contributed by atoms with van der Waals surface area (Å²) in [4.78, 5) is 0. The monoisotopic (exact) mass is 355 g/mol. The number of nitrogen functional groups attached to an aromatic ring is 1. The van der Waals surface area contributed by atoms with Crippen LogP contribution in [0.5, 0.6) is 11.5 Å². The number of hydrogen-bond acceptors (Lipinski definition) is 2. The Bertz CT molecular complexity index is 506. The third-order valence-corrected chi connectivity index (χ3v) is 3.39. The summed E-state index contributed by atoms with van der Waals surface area (Å²) in [5.74, 6) is 1.40. The Labute approximate surface area is 117 Å². The highest BCUT2D eigenvalue weighted by atomic mass is 79.9. The summed E-state index contributed by atoms with van der Waals surface area (Å²) >= 11 is 6.83. The summed E-state index contributed by atoms with van der Waals surface area (Å²) in [5.41, 5.74) is 7.66. The quantitative estimate of drug-likeness (QED) is 0.777. The zero-order valence-corrected chi connectivity index (χ0v) is 12.4. The standard InChI is InChI=1S/C13H11Br2NO/c1-8-2-4-12(10(15)6-8)17-13-5-3-9(14)7-11(13)16/h2-7H,16H2,1H3. The molecule has 2 N–H and O–H groups in total. The summed E-state index contributed by atoms with van der Waals surface area (Å²) in [6, 6.07) is 11.5. The van der Waals surface area contributed by atoms with Crippen molar-refractivity contribution >= 4 is 37.5 Å². The number of rotatable bonds is 2. The van der Waals surface area contributed by atoms with Crippen molar-refractivity contribution in [2.75, 3.05) is 5.73 Å². The highest BCUT2D eigenvalue weighted by molar-refractivity contribution is 9.10. The fraction of sp³-hybridized carbons (Fsp3) is 0.0769. The molecule has 88 valence electrons. The Balaban J connectivity index is 2.31. The van der Waals surface area contributed by atoms with E-state index in [0.29, 0.717) is 11.4 Å². The van der Waals surface area contributed by atoms with E-state index in [0.717, 1.165) is 14.7 Å². The summed E-state index contributed by atoms with van der Waals surface area (Å²) < 4.78 is 7.61. The van der Waals surface area contributed by atoms with E-state index < -0.39 is 0 Å². The van der Waals surface area contributed by atoms with E-state index >= 15 is 0 Å². The summed E-state index contributed by atoms with van der Waals surface area (Å²) in [7, 11) is 0. The van der Waals surface area contributed by atoms with E-state index in [1.807, 2.05) is 43.3 Å². The number of benzene rings is 2. The first-order chi connectivity index (χ1) is 8.06. The van der Waals surface area contributed by atoms with E-state index in [4.69, 9.17) is 10.5 Å². The lowest BCUT2D eigenvalue weighted by Crippen LogP contribution is -1.92. The molecule has 0 unspecified atom stereocenters. The van der Waals surface area contributed by atoms with E-state index in [1.165, 1.54) is 5.56 Å². The molecule has 0 spiro atoms. The van der Waals surface area contributed by atoms with Crippen molar-refractivity contribution in [3.05, 3.63) is 50.9 Å². The maximum Gasteiger partial charge on any atom is 0.150 e. The third kappa shape index (κ3) is 3.01. The molecule has 2 aromatic rings. The molecule has 0 atom stereocenters. The number of anilines is 1. The van der Waals surface area contributed by atoms with Gasteiger partial charge in [-0.3, -0.25) is 0 Å². The minimum absolute atomic E-state index is 0.604. The third-order valence-electron chi connectivity index (χ3n) is 2.28. The fourth-order valence-corrected chi connectivity index (χ4v) is 2.37. The maximum atomic E-state index is 5.88. The Kier molecular flexibility index (Phi) is 3.74. The highest BCUT2D eigenvalue weighted by Crippen LogP contribution is 2.34. The molecular weight excluding hydrogens is 346 g/mol. The molecule has 0 aromatic heterocycles. The normalized spacial score (nSPS) is 10.3. The predicted molar refractivity (Wildman–Crippen MR) is 77.5 cm³/mol. The van der Waals surface area contributed by atoms with Gasteiger partial charge >= 0.3 is 0 Å². The molecule has 0 amide bonds. The lowest BCUT2D eigenvalue weighted by Gasteiger charge is -2.10. The van der Waals surface area contributed by atoms with Gasteiger partial charge in [0.2, 0.25) is 0 Å². The van der Waals surface area contributed by atoms with Gasteiger partial charge < -0.3 is 10.5 Å². The van der Waals surface area contributed by atoms with Gasteiger partial charge in [-0.2, -0.15) is 0 Å². The summed E-state index contributed by atoms with van der Waals surface area (Å²) in [6.07, 6.45) is 0. The molecule has 17 heavy (non-hydrogen) atoms. The zero-order valence-electron chi connectivity index (χ0n) is 9.21. The number of ether oxygens (including phenoxy) is 1. The van der Waals surface area contributed by atoms with Crippen LogP contribution in [0.25, 0.3) is 0 Å². The molecule has 4 heteroatoms. The predicted octanol–water partition coefficient (Wildman–Crippen LogP) is 4.89. The molecule has 2 aromatic carbocycles. The van der Waals surface area contributed by atoms with Gasteiger partial charge in [0.05, 0.1) is 10.2 Å². The van der Waals surface area contributed by atoms with Crippen molar-refractivity contribution in [1.82, 2.24) is 0 Å². The minimum Gasteiger partial charge on any atom is -0.454 e. The lowest BCUT2D eigenvalue weighted by atomic mass is 10.2. The van der Waals surface area contributed by atoms with Crippen molar-refractivity contribution in [1.29, 1.82) is 0 Å². The molecule has 0 radical (unpaired) electrons. The Morgan fingerprint density at radius 3 is 2.35 bits per heavy atom. The number of aryl methyl sites for hydroxylation is 1. The van der Waals surface area contributed by atoms with Gasteiger partial charge in [0.25, 0.3) is 0 Å². The molecule has 0 aliphatic heterocycles. The minimum atomic E-state index is 0.604. The van der Waals surface area contributed by atoms with Crippen LogP contribution in [0.3, 0.4) is 0 Å². The average Bonchev–Trinajstić information content (AvgIpc) is 2.25. The van der Waals surface area contributed by atoms with E-state index in [-0.39, 0.29) is 0 Å². The number of hydrogen-bond donors (Lipinski definition) is 1. The first kappa shape index (κ1) is 12.5. The van der Waals surface area contributed by atoms with Crippen LogP contribution in [0.1, 0.15) is 5.56 Å². The van der Waals surface area contributed by atoms with Crippen LogP contribution < -0.4 is 10.5 Å². The largest absolute Gasteiger partial charge is 0.454 e. The van der Waals surface area contributed by atoms with Crippen LogP contribution in [0.15, 0.2) is 45.3 Å². The second kappa shape index (κ2) is 5.10. The average molecular weight is 357 g/mol. The number of halogens is 2. The van der Waals surface area contributed by atoms with Crippen LogP contribution in [-0.2, 0) is 0 Å². The molecule has 0 saturated heterocycles. The fourth-order valence-electron chi connectivity index (χ4n) is 1.42. The second-order valence-corrected chi connectivity index (χ2v) is 5.49. The molecule has 0 bridgehead atoms. The second-order valence-electron chi connectivity index (χ2n) is 3.72. The van der Waals surface area contributed by atoms with Gasteiger partial charge in [-0.1, -0.05) is 22.0 Å². The molecular formula is C13H11Br2NO. The smallest absolute Gasteiger partial charge is 0.150 e. The van der Waals surface area contributed by atoms with Crippen molar-refractivity contribution < 1.29 is 4.74 Å². The van der Waals surface area contributed by atoms with E-state index in [1.54, 1.807) is 0 Å². The first-order valence-corrected chi connectivity index (χ1v) is 6.64. The van der Waals surface area contributed by atoms with Crippen LogP contribution in [0, 0.1) is 6.92 Å². The Morgan fingerprint density at radius 1 is 1.00 bits per heavy atom. The van der Waals surface area contributed by atoms with Gasteiger partial charge in [-0.05, 0) is 58.7 Å². The summed E-state index contributed by atoms with van der Waals surface area (Å²) in [5, 5.41) is 0. The lowest BCUT2D eigenvalue weighted by molar-refractivity contribution is 0.482. The summed E-state index contributed by atoms with van der Waals surface area (Å²) in [6.45, 7) is 2.03. The van der Waals surface area contributed by atoms with Gasteiger partial charge in [0.15, 0.2) is 0 Å². The van der Waals surface area contributed by atoms with Crippen LogP contribution >= 0.6 is 31.9 Å². The van der Waals surface area contributed by atoms with Crippen molar-refractivity contribution in [3.8, 4) is 11.5 Å². The van der Waals surface area contributed by atoms with Crippen molar-refractivity contribution in [3.63, 3.8) is 0 Å². The van der Waals surface area contributed by atoms with E-state index in [9.17, 15) is 0 Å². The number of nitrogens with two attached hydrogens (primary N) is 1. The Hall–Kier alpha value is -1.000. The van der Waals surface area contributed by atoms with Crippen LogP contribution in [0.4, 0.5) is 5.69 Å². The van der Waals surface area contributed by atoms with Gasteiger partial charge in [0, 0.05) is 4.47 Å². The van der Waals surface area contributed by atoms with Crippen molar-refractivity contribution in [2.45, 2.75) is 6.92 Å². The maximum absolute atomic E-state index is 5.88. The SMILES string of the molecule is Cc1ccc(Oc2ccc(Br)cc2N)c(Br)c1. The topological polar surface area (TPSA) is 35.2 Å². The molecule has 0 saturated carbocycles. The molecule has 0 aliphatic rings. The highest BCUT2D eigenvalue weighted by Gasteiger charge is 2.06. The van der Waals surface area contributed by atoms with Gasteiger partial charge in [-0.15, -0.1) is 0 Å². The molecule has 0 fully saturated rings. The Morgan fingerprint density at radius 2 is 1.71 bits per heavy atom. The van der Waals surface area contributed by atoms with Crippen LogP contribution in [-0.4, -0.2) is 0 Å². The van der Waals surface area contributed by atoms with E-state index in [2.05, 4.69) is 31.9 Å². The molecule has 0 heterocycles. The van der Waals surface area contributed by atoms with Gasteiger partial charge in [-0.25, -0.2) is 0 Å². The molecule has 2 rings (SSSR count). The molecule has 0 aliphatic carbocycles. The first-order valence-electron chi connectivity index (χ1n) is 5.05. The molecule has 2 nitrogen and oxygen atoms in total. The van der Waals surface area contributed by atoms with Gasteiger partial charge in [0.1, 0.15) is 11.5 Å². The van der Waals surface area contributed by atoms with Crippen LogP contribution in [0.2, 0.25) is 0 Å². The van der Waals surface area contributed by atoms with Crippen molar-refractivity contribution in [2.24, 2.45) is 0 Å². The zero-order chi connectivity index (χ0) is 12.4.